The molecule has 0 aromatic heterocycles. The van der Waals surface area contributed by atoms with Crippen molar-refractivity contribution >= 4 is 6.29 Å². The van der Waals surface area contributed by atoms with Crippen molar-refractivity contribution in [3.05, 3.63) is 29.8 Å². The molecule has 1 aromatic rings. The summed E-state index contributed by atoms with van der Waals surface area (Å²) in [5, 5.41) is 57.0. The summed E-state index contributed by atoms with van der Waals surface area (Å²) < 4.78 is 0. The van der Waals surface area contributed by atoms with Crippen LogP contribution in [0.2, 0.25) is 0 Å². The molecule has 0 aliphatic carbocycles. The quantitative estimate of drug-likeness (QED) is 0.317. The molecule has 1 aromatic carbocycles. The molecule has 1 rings (SSSR count). The van der Waals surface area contributed by atoms with E-state index in [4.69, 9.17) is 5.11 Å². The van der Waals surface area contributed by atoms with E-state index in [1.807, 2.05) is 0 Å². The number of aromatic hydroxyl groups is 1. The van der Waals surface area contributed by atoms with Gasteiger partial charge >= 0.3 is 0 Å². The molecule has 7 heteroatoms. The number of phenols is 1. The Labute approximate surface area is 115 Å². The second kappa shape index (κ2) is 6.78. The SMILES string of the molecule is O=C[C@@](O)(Cc1ccccc1O)[C@@H](O)[C@H](O)[C@H](O)CO. The van der Waals surface area contributed by atoms with Crippen molar-refractivity contribution < 1.29 is 35.4 Å². The lowest BCUT2D eigenvalue weighted by molar-refractivity contribution is -0.164. The summed E-state index contributed by atoms with van der Waals surface area (Å²) in [6, 6.07) is 5.88. The van der Waals surface area contributed by atoms with Crippen molar-refractivity contribution in [2.45, 2.75) is 30.3 Å². The standard InChI is InChI=1S/C13H18O7/c14-6-10(17)11(18)12(19)13(20,7-15)5-8-3-1-2-4-9(8)16/h1-4,7,10-12,14,16-20H,5-6H2/t10-,11-,12+,13+/m1/s1. The van der Waals surface area contributed by atoms with Gasteiger partial charge in [-0.15, -0.1) is 0 Å². The second-order valence-corrected chi connectivity index (χ2v) is 4.60. The molecule has 6 N–H and O–H groups in total. The van der Waals surface area contributed by atoms with Gasteiger partial charge in [0.05, 0.1) is 6.61 Å². The highest BCUT2D eigenvalue weighted by Crippen LogP contribution is 2.25. The molecular formula is C13H18O7. The fraction of sp³-hybridized carbons (Fsp3) is 0.462. The lowest BCUT2D eigenvalue weighted by atomic mass is 9.85. The van der Waals surface area contributed by atoms with E-state index >= 15 is 0 Å². The van der Waals surface area contributed by atoms with Gasteiger partial charge in [-0.2, -0.15) is 0 Å². The van der Waals surface area contributed by atoms with E-state index in [-0.39, 0.29) is 17.6 Å². The maximum atomic E-state index is 11.1. The molecule has 20 heavy (non-hydrogen) atoms. The molecule has 0 unspecified atom stereocenters. The summed E-state index contributed by atoms with van der Waals surface area (Å²) >= 11 is 0. The predicted molar refractivity (Wildman–Crippen MR) is 67.9 cm³/mol. The van der Waals surface area contributed by atoms with E-state index in [1.165, 1.54) is 12.1 Å². The topological polar surface area (TPSA) is 138 Å². The summed E-state index contributed by atoms with van der Waals surface area (Å²) in [7, 11) is 0. The Morgan fingerprint density at radius 1 is 1.20 bits per heavy atom. The third-order valence-corrected chi connectivity index (χ3v) is 3.09. The van der Waals surface area contributed by atoms with Crippen molar-refractivity contribution in [1.82, 2.24) is 0 Å². The summed E-state index contributed by atoms with van der Waals surface area (Å²) in [6.45, 7) is -0.844. The van der Waals surface area contributed by atoms with Crippen LogP contribution in [0.15, 0.2) is 24.3 Å². The van der Waals surface area contributed by atoms with Crippen molar-refractivity contribution in [3.8, 4) is 5.75 Å². The van der Waals surface area contributed by atoms with Crippen LogP contribution in [0.3, 0.4) is 0 Å². The van der Waals surface area contributed by atoms with Gasteiger partial charge in [0, 0.05) is 6.42 Å². The number of aldehydes is 1. The highest BCUT2D eigenvalue weighted by Gasteiger charge is 2.42. The molecule has 0 aliphatic rings. The minimum absolute atomic E-state index is 0.0252. The van der Waals surface area contributed by atoms with Crippen molar-refractivity contribution in [2.75, 3.05) is 6.61 Å². The monoisotopic (exact) mass is 286 g/mol. The van der Waals surface area contributed by atoms with Gasteiger partial charge in [-0.25, -0.2) is 0 Å². The first-order valence-corrected chi connectivity index (χ1v) is 5.96. The van der Waals surface area contributed by atoms with Crippen LogP contribution in [-0.4, -0.2) is 67.4 Å². The molecule has 0 fully saturated rings. The van der Waals surface area contributed by atoms with Crippen molar-refractivity contribution in [2.24, 2.45) is 0 Å². The fourth-order valence-corrected chi connectivity index (χ4v) is 1.80. The van der Waals surface area contributed by atoms with E-state index in [0.29, 0.717) is 0 Å². The molecule has 7 nitrogen and oxygen atoms in total. The summed E-state index contributed by atoms with van der Waals surface area (Å²) in [5.41, 5.74) is -2.22. The third-order valence-electron chi connectivity index (χ3n) is 3.09. The van der Waals surface area contributed by atoms with Gasteiger partial charge in [0.15, 0.2) is 11.9 Å². The Morgan fingerprint density at radius 3 is 2.30 bits per heavy atom. The Kier molecular flexibility index (Phi) is 5.61. The zero-order valence-corrected chi connectivity index (χ0v) is 10.6. The molecule has 4 atom stereocenters. The molecule has 0 aliphatic heterocycles. The van der Waals surface area contributed by atoms with Crippen LogP contribution in [0.25, 0.3) is 0 Å². The van der Waals surface area contributed by atoms with E-state index in [9.17, 15) is 30.3 Å². The molecule has 0 amide bonds. The van der Waals surface area contributed by atoms with Gasteiger partial charge in [-0.3, -0.25) is 0 Å². The normalized spacial score (nSPS) is 18.9. The summed E-state index contributed by atoms with van der Waals surface area (Å²) in [6.07, 6.45) is -6.08. The van der Waals surface area contributed by atoms with Gasteiger partial charge in [0.1, 0.15) is 24.1 Å². The number of aliphatic hydroxyl groups excluding tert-OH is 4. The molecule has 112 valence electrons. The number of para-hydroxylation sites is 1. The number of hydrogen-bond donors (Lipinski definition) is 6. The average molecular weight is 286 g/mol. The van der Waals surface area contributed by atoms with Crippen LogP contribution < -0.4 is 0 Å². The first-order chi connectivity index (χ1) is 9.35. The first-order valence-electron chi connectivity index (χ1n) is 5.96. The Bertz CT molecular complexity index is 450. The Hall–Kier alpha value is -1.51. The largest absolute Gasteiger partial charge is 0.508 e. The highest BCUT2D eigenvalue weighted by molar-refractivity contribution is 5.65. The van der Waals surface area contributed by atoms with Gasteiger partial charge in [0.25, 0.3) is 0 Å². The number of benzene rings is 1. The van der Waals surface area contributed by atoms with E-state index in [2.05, 4.69) is 0 Å². The average Bonchev–Trinajstić information content (AvgIpc) is 2.47. The van der Waals surface area contributed by atoms with E-state index in [1.54, 1.807) is 12.1 Å². The molecule has 0 saturated carbocycles. The first kappa shape index (κ1) is 16.5. The zero-order valence-electron chi connectivity index (χ0n) is 10.6. The summed E-state index contributed by atoms with van der Waals surface area (Å²) in [4.78, 5) is 11.1. The maximum Gasteiger partial charge on any atom is 0.154 e. The van der Waals surface area contributed by atoms with Gasteiger partial charge < -0.3 is 35.4 Å². The molecule has 0 saturated heterocycles. The number of aliphatic hydroxyl groups is 5. The molecule has 0 heterocycles. The van der Waals surface area contributed by atoms with E-state index in [0.717, 1.165) is 0 Å². The summed E-state index contributed by atoms with van der Waals surface area (Å²) in [5.74, 6) is -0.183. The van der Waals surface area contributed by atoms with Crippen LogP contribution in [0.4, 0.5) is 0 Å². The fourth-order valence-electron chi connectivity index (χ4n) is 1.80. The molecule has 0 radical (unpaired) electrons. The smallest absolute Gasteiger partial charge is 0.154 e. The minimum atomic E-state index is -2.41. The Balaban J connectivity index is 2.97. The molecular weight excluding hydrogens is 268 g/mol. The van der Waals surface area contributed by atoms with Crippen molar-refractivity contribution in [3.63, 3.8) is 0 Å². The minimum Gasteiger partial charge on any atom is -0.508 e. The van der Waals surface area contributed by atoms with Gasteiger partial charge in [-0.05, 0) is 11.6 Å². The van der Waals surface area contributed by atoms with Crippen molar-refractivity contribution in [1.29, 1.82) is 0 Å². The lowest BCUT2D eigenvalue weighted by Crippen LogP contribution is -2.55. The van der Waals surface area contributed by atoms with Gasteiger partial charge in [-0.1, -0.05) is 18.2 Å². The van der Waals surface area contributed by atoms with Crippen LogP contribution in [0, 0.1) is 0 Å². The number of hydrogen-bond acceptors (Lipinski definition) is 7. The number of carbonyl (C=O) groups is 1. The van der Waals surface area contributed by atoms with Gasteiger partial charge in [0.2, 0.25) is 0 Å². The Morgan fingerprint density at radius 2 is 1.80 bits per heavy atom. The number of phenolic OH excluding ortho intramolecular Hbond substituents is 1. The third kappa shape index (κ3) is 3.53. The maximum absolute atomic E-state index is 11.1. The molecule has 0 bridgehead atoms. The van der Waals surface area contributed by atoms with Crippen LogP contribution in [0.5, 0.6) is 5.75 Å². The predicted octanol–water partition coefficient (Wildman–Crippen LogP) is -2.06. The molecule has 0 spiro atoms. The van der Waals surface area contributed by atoms with E-state index < -0.39 is 36.9 Å². The number of carbonyl (C=O) groups excluding carboxylic acids is 1. The van der Waals surface area contributed by atoms with Crippen LogP contribution in [0.1, 0.15) is 5.56 Å². The van der Waals surface area contributed by atoms with Crippen LogP contribution in [-0.2, 0) is 11.2 Å². The number of rotatable bonds is 7. The second-order valence-electron chi connectivity index (χ2n) is 4.60. The zero-order chi connectivity index (χ0) is 15.3. The van der Waals surface area contributed by atoms with Crippen LogP contribution >= 0.6 is 0 Å². The lowest BCUT2D eigenvalue weighted by Gasteiger charge is -2.32. The highest BCUT2D eigenvalue weighted by atomic mass is 16.4.